The maximum absolute atomic E-state index is 13.8. The summed E-state index contributed by atoms with van der Waals surface area (Å²) in [5.41, 5.74) is 3.94. The Kier molecular flexibility index (Phi) is 9.64. The van der Waals surface area contributed by atoms with Crippen molar-refractivity contribution in [2.75, 3.05) is 34.0 Å². The zero-order valence-corrected chi connectivity index (χ0v) is 19.9. The highest BCUT2D eigenvalue weighted by atomic mass is 127. The Bertz CT molecular complexity index is 877. The van der Waals surface area contributed by atoms with E-state index < -0.39 is 0 Å². The first-order valence-corrected chi connectivity index (χ1v) is 9.70. The minimum absolute atomic E-state index is 0. The van der Waals surface area contributed by atoms with Crippen LogP contribution in [0.2, 0.25) is 0 Å². The van der Waals surface area contributed by atoms with Crippen LogP contribution in [0.1, 0.15) is 22.3 Å². The number of halogens is 2. The topological polar surface area (TPSA) is 64.1 Å². The molecule has 2 aromatic carbocycles. The van der Waals surface area contributed by atoms with Crippen molar-refractivity contribution >= 4 is 29.9 Å². The normalized spacial score (nSPS) is 13.0. The van der Waals surface area contributed by atoms with Crippen LogP contribution >= 0.6 is 24.0 Å². The summed E-state index contributed by atoms with van der Waals surface area (Å²) in [6.07, 6.45) is 1.43. The van der Waals surface area contributed by atoms with Crippen LogP contribution in [0.5, 0.6) is 11.5 Å². The molecule has 0 saturated heterocycles. The second-order valence-corrected chi connectivity index (χ2v) is 6.90. The molecule has 164 valence electrons. The summed E-state index contributed by atoms with van der Waals surface area (Å²) in [4.78, 5) is 4.25. The van der Waals surface area contributed by atoms with Crippen LogP contribution in [0.25, 0.3) is 0 Å². The van der Waals surface area contributed by atoms with Crippen molar-refractivity contribution in [3.05, 3.63) is 58.4 Å². The molecule has 0 amide bonds. The molecule has 0 unspecified atom stereocenters. The SMILES string of the molecule is CN=C(NCCc1cc(C)ccc1OC)NCCc1cc(F)cc2c1OCOC2.I. The third-order valence-corrected chi connectivity index (χ3v) is 4.78. The number of nitrogens with one attached hydrogen (secondary N) is 2. The van der Waals surface area contributed by atoms with Gasteiger partial charge in [0.25, 0.3) is 0 Å². The van der Waals surface area contributed by atoms with Crippen LogP contribution in [-0.4, -0.2) is 40.0 Å². The van der Waals surface area contributed by atoms with E-state index in [0.29, 0.717) is 25.5 Å². The summed E-state index contributed by atoms with van der Waals surface area (Å²) >= 11 is 0. The number of hydrogen-bond acceptors (Lipinski definition) is 4. The van der Waals surface area contributed by atoms with E-state index in [1.807, 2.05) is 12.1 Å². The maximum atomic E-state index is 13.8. The number of hydrogen-bond donors (Lipinski definition) is 2. The molecule has 8 heteroatoms. The number of aryl methyl sites for hydroxylation is 1. The van der Waals surface area contributed by atoms with Crippen LogP contribution < -0.4 is 20.1 Å². The Labute approximate surface area is 194 Å². The highest BCUT2D eigenvalue weighted by molar-refractivity contribution is 14.0. The molecule has 30 heavy (non-hydrogen) atoms. The predicted octanol–water partition coefficient (Wildman–Crippen LogP) is 3.58. The lowest BCUT2D eigenvalue weighted by atomic mass is 10.1. The van der Waals surface area contributed by atoms with Gasteiger partial charge in [0.2, 0.25) is 0 Å². The van der Waals surface area contributed by atoms with E-state index in [9.17, 15) is 4.39 Å². The molecule has 1 heterocycles. The second-order valence-electron chi connectivity index (χ2n) is 6.90. The lowest BCUT2D eigenvalue weighted by Crippen LogP contribution is -2.39. The molecule has 6 nitrogen and oxygen atoms in total. The van der Waals surface area contributed by atoms with Crippen molar-refractivity contribution in [3.63, 3.8) is 0 Å². The molecule has 2 aromatic rings. The third-order valence-electron chi connectivity index (χ3n) is 4.78. The number of aliphatic imine (C=N–C) groups is 1. The Hall–Kier alpha value is -2.07. The standard InChI is InChI=1S/C22H28FN3O3.HI/c1-15-4-5-20(27-3)16(10-15)6-8-25-22(24-2)26-9-7-17-11-19(23)12-18-13-28-14-29-21(17)18;/h4-5,10-12H,6-9,13-14H2,1-3H3,(H2,24,25,26);1H. The fraction of sp³-hybridized carbons (Fsp3) is 0.409. The van der Waals surface area contributed by atoms with E-state index in [-0.39, 0.29) is 36.6 Å². The van der Waals surface area contributed by atoms with Crippen molar-refractivity contribution in [2.24, 2.45) is 4.99 Å². The molecule has 1 aliphatic heterocycles. The van der Waals surface area contributed by atoms with Crippen LogP contribution in [0.4, 0.5) is 4.39 Å². The fourth-order valence-corrected chi connectivity index (χ4v) is 3.40. The van der Waals surface area contributed by atoms with Gasteiger partial charge in [-0.05, 0) is 49.1 Å². The first-order valence-electron chi connectivity index (χ1n) is 9.70. The van der Waals surface area contributed by atoms with E-state index in [2.05, 4.69) is 28.6 Å². The van der Waals surface area contributed by atoms with Gasteiger partial charge in [-0.1, -0.05) is 17.7 Å². The average molecular weight is 529 g/mol. The van der Waals surface area contributed by atoms with E-state index in [1.54, 1.807) is 14.2 Å². The molecule has 0 radical (unpaired) electrons. The summed E-state index contributed by atoms with van der Waals surface area (Å²) in [6, 6.07) is 9.15. The van der Waals surface area contributed by atoms with Crippen LogP contribution in [0.3, 0.4) is 0 Å². The van der Waals surface area contributed by atoms with Gasteiger partial charge in [0.1, 0.15) is 17.3 Å². The molecule has 1 aliphatic rings. The largest absolute Gasteiger partial charge is 0.496 e. The van der Waals surface area contributed by atoms with Crippen molar-refractivity contribution < 1.29 is 18.6 Å². The first kappa shape index (κ1) is 24.2. The molecule has 0 fully saturated rings. The molecular weight excluding hydrogens is 500 g/mol. The number of benzene rings is 2. The molecule has 0 aromatic heterocycles. The van der Waals surface area contributed by atoms with Crippen molar-refractivity contribution in [3.8, 4) is 11.5 Å². The highest BCUT2D eigenvalue weighted by Crippen LogP contribution is 2.29. The number of fused-ring (bicyclic) bond motifs is 1. The quantitative estimate of drug-likeness (QED) is 0.326. The van der Waals surface area contributed by atoms with Crippen LogP contribution in [0.15, 0.2) is 35.3 Å². The number of methoxy groups -OCH3 is 1. The summed E-state index contributed by atoms with van der Waals surface area (Å²) in [5, 5.41) is 6.58. The predicted molar refractivity (Wildman–Crippen MR) is 127 cm³/mol. The first-order chi connectivity index (χ1) is 14.1. The molecule has 0 saturated carbocycles. The van der Waals surface area contributed by atoms with Gasteiger partial charge in [0.05, 0.1) is 13.7 Å². The van der Waals surface area contributed by atoms with E-state index in [4.69, 9.17) is 14.2 Å². The maximum Gasteiger partial charge on any atom is 0.190 e. The summed E-state index contributed by atoms with van der Waals surface area (Å²) in [5.74, 6) is 2.04. The van der Waals surface area contributed by atoms with E-state index in [1.165, 1.54) is 17.7 Å². The van der Waals surface area contributed by atoms with E-state index in [0.717, 1.165) is 41.2 Å². The van der Waals surface area contributed by atoms with Gasteiger partial charge >= 0.3 is 0 Å². The summed E-state index contributed by atoms with van der Waals surface area (Å²) in [7, 11) is 3.41. The molecule has 0 bridgehead atoms. The Morgan fingerprint density at radius 3 is 2.57 bits per heavy atom. The van der Waals surface area contributed by atoms with Crippen LogP contribution in [0, 0.1) is 12.7 Å². The smallest absolute Gasteiger partial charge is 0.190 e. The Morgan fingerprint density at radius 1 is 1.13 bits per heavy atom. The summed E-state index contributed by atoms with van der Waals surface area (Å²) < 4.78 is 30.1. The number of rotatable bonds is 7. The fourth-order valence-electron chi connectivity index (χ4n) is 3.40. The Balaban J connectivity index is 0.00000320. The number of nitrogens with zero attached hydrogens (tertiary/aromatic N) is 1. The van der Waals surface area contributed by atoms with Gasteiger partial charge in [-0.25, -0.2) is 4.39 Å². The zero-order chi connectivity index (χ0) is 20.6. The van der Waals surface area contributed by atoms with Gasteiger partial charge in [-0.3, -0.25) is 4.99 Å². The molecule has 0 aliphatic carbocycles. The molecular formula is C22H29FIN3O3. The summed E-state index contributed by atoms with van der Waals surface area (Å²) in [6.45, 7) is 3.96. The van der Waals surface area contributed by atoms with Gasteiger partial charge in [0, 0.05) is 25.7 Å². The lowest BCUT2D eigenvalue weighted by molar-refractivity contribution is -0.0172. The minimum atomic E-state index is -0.276. The number of guanidine groups is 1. The van der Waals surface area contributed by atoms with Gasteiger partial charge in [-0.2, -0.15) is 0 Å². The van der Waals surface area contributed by atoms with Crippen LogP contribution in [-0.2, 0) is 24.2 Å². The van der Waals surface area contributed by atoms with Crippen molar-refractivity contribution in [1.82, 2.24) is 10.6 Å². The average Bonchev–Trinajstić information content (AvgIpc) is 2.72. The lowest BCUT2D eigenvalue weighted by Gasteiger charge is -2.21. The monoisotopic (exact) mass is 529 g/mol. The van der Waals surface area contributed by atoms with Crippen molar-refractivity contribution in [1.29, 1.82) is 0 Å². The molecule has 0 spiro atoms. The highest BCUT2D eigenvalue weighted by Gasteiger charge is 2.16. The molecule has 3 rings (SSSR count). The molecule has 0 atom stereocenters. The van der Waals surface area contributed by atoms with Gasteiger partial charge in [-0.15, -0.1) is 24.0 Å². The van der Waals surface area contributed by atoms with Crippen molar-refractivity contribution in [2.45, 2.75) is 26.4 Å². The van der Waals surface area contributed by atoms with Gasteiger partial charge in [0.15, 0.2) is 12.8 Å². The van der Waals surface area contributed by atoms with E-state index >= 15 is 0 Å². The van der Waals surface area contributed by atoms with Gasteiger partial charge < -0.3 is 24.8 Å². The third kappa shape index (κ3) is 6.46. The number of ether oxygens (including phenoxy) is 3. The second kappa shape index (κ2) is 11.9. The Morgan fingerprint density at radius 2 is 1.87 bits per heavy atom. The zero-order valence-electron chi connectivity index (χ0n) is 17.6. The minimum Gasteiger partial charge on any atom is -0.496 e. The molecule has 2 N–H and O–H groups in total.